The van der Waals surface area contributed by atoms with Crippen molar-refractivity contribution < 1.29 is 9.59 Å². The topological polar surface area (TPSA) is 34.1 Å². The van der Waals surface area contributed by atoms with Gasteiger partial charge in [-0.25, -0.2) is 0 Å². The molecule has 1 aliphatic rings. The smallest absolute Gasteiger partial charge is 0.186 e. The zero-order chi connectivity index (χ0) is 10.6. The lowest BCUT2D eigenvalue weighted by molar-refractivity contribution is -0.116. The summed E-state index contributed by atoms with van der Waals surface area (Å²) in [4.78, 5) is 22.1. The van der Waals surface area contributed by atoms with E-state index in [1.54, 1.807) is 0 Å². The Morgan fingerprint density at radius 2 is 1.36 bits per heavy atom. The molecule has 2 nitrogen and oxygen atoms in total. The minimum Gasteiger partial charge on any atom is -0.287 e. The molecule has 1 saturated carbocycles. The van der Waals surface area contributed by atoms with Gasteiger partial charge in [-0.1, -0.05) is 19.3 Å². The molecule has 0 amide bonds. The van der Waals surface area contributed by atoms with Crippen LogP contribution in [0.15, 0.2) is 0 Å². The molecule has 0 aromatic rings. The van der Waals surface area contributed by atoms with Crippen LogP contribution in [0.4, 0.5) is 0 Å². The van der Waals surface area contributed by atoms with Crippen molar-refractivity contribution in [3.63, 3.8) is 0 Å². The zero-order valence-electron chi connectivity index (χ0n) is 8.16. The predicted octanol–water partition coefficient (Wildman–Crippen LogP) is 2.63. The van der Waals surface area contributed by atoms with E-state index in [4.69, 9.17) is 0 Å². The van der Waals surface area contributed by atoms with E-state index >= 15 is 0 Å². The Kier molecular flexibility index (Phi) is 4.51. The molecule has 0 saturated heterocycles. The summed E-state index contributed by atoms with van der Waals surface area (Å²) in [5, 5.41) is -0.219. The minimum atomic E-state index is -0.129. The van der Waals surface area contributed by atoms with Crippen LogP contribution in [-0.4, -0.2) is 10.2 Å². The summed E-state index contributed by atoms with van der Waals surface area (Å²) >= 11 is 7.62. The van der Waals surface area contributed by atoms with Crippen LogP contribution in [0, 0.1) is 5.41 Å². The average Bonchev–Trinajstić information content (AvgIpc) is 2.01. The third-order valence-electron chi connectivity index (χ3n) is 2.97. The third-order valence-corrected chi connectivity index (χ3v) is 3.28. The van der Waals surface area contributed by atoms with Gasteiger partial charge >= 0.3 is 0 Å². The van der Waals surface area contributed by atoms with Gasteiger partial charge in [-0.05, 0) is 18.3 Å². The summed E-state index contributed by atoms with van der Waals surface area (Å²) in [6.45, 7) is 0. The zero-order valence-corrected chi connectivity index (χ0v) is 9.95. The van der Waals surface area contributed by atoms with Gasteiger partial charge in [-0.15, -0.1) is 25.3 Å². The number of carbonyl (C=O) groups is 2. The Hall–Kier alpha value is 0.0400. The lowest BCUT2D eigenvalue weighted by Crippen LogP contribution is -2.28. The predicted molar refractivity (Wildman–Crippen MR) is 62.7 cm³/mol. The third kappa shape index (κ3) is 3.65. The maximum Gasteiger partial charge on any atom is 0.186 e. The van der Waals surface area contributed by atoms with Gasteiger partial charge in [0.2, 0.25) is 0 Å². The lowest BCUT2D eigenvalue weighted by Gasteiger charge is -2.35. The minimum absolute atomic E-state index is 0.110. The molecule has 0 radical (unpaired) electrons. The maximum atomic E-state index is 11.0. The van der Waals surface area contributed by atoms with E-state index in [0.717, 1.165) is 25.7 Å². The van der Waals surface area contributed by atoms with E-state index in [-0.39, 0.29) is 15.6 Å². The first-order valence-electron chi connectivity index (χ1n) is 4.98. The van der Waals surface area contributed by atoms with Crippen LogP contribution in [0.2, 0.25) is 0 Å². The van der Waals surface area contributed by atoms with Gasteiger partial charge in [0.05, 0.1) is 0 Å². The molecule has 0 spiro atoms. The normalized spacial score (nSPS) is 20.4. The van der Waals surface area contributed by atoms with Crippen molar-refractivity contribution >= 4 is 35.5 Å². The Morgan fingerprint density at radius 3 is 1.71 bits per heavy atom. The van der Waals surface area contributed by atoms with Crippen molar-refractivity contribution in [1.29, 1.82) is 0 Å². The van der Waals surface area contributed by atoms with E-state index < -0.39 is 0 Å². The van der Waals surface area contributed by atoms with Gasteiger partial charge in [-0.2, -0.15) is 0 Å². The number of rotatable bonds is 4. The highest BCUT2D eigenvalue weighted by Crippen LogP contribution is 2.43. The fraction of sp³-hybridized carbons (Fsp3) is 0.800. The number of thiol groups is 2. The van der Waals surface area contributed by atoms with Crippen LogP contribution >= 0.6 is 25.3 Å². The van der Waals surface area contributed by atoms with Gasteiger partial charge in [0.15, 0.2) is 10.2 Å². The molecule has 4 heteroatoms. The molecule has 0 N–H and O–H groups in total. The second-order valence-electron chi connectivity index (χ2n) is 4.20. The van der Waals surface area contributed by atoms with Gasteiger partial charge in [0.1, 0.15) is 0 Å². The molecular formula is C10H16O2S2. The monoisotopic (exact) mass is 232 g/mol. The Balaban J connectivity index is 2.66. The molecule has 0 aromatic heterocycles. The van der Waals surface area contributed by atoms with Crippen LogP contribution in [0.5, 0.6) is 0 Å². The van der Waals surface area contributed by atoms with Gasteiger partial charge in [0, 0.05) is 12.8 Å². The van der Waals surface area contributed by atoms with Crippen molar-refractivity contribution in [2.45, 2.75) is 44.9 Å². The standard InChI is InChI=1S/C10H16O2S2/c11-8(13)6-10(7-9(12)14)4-2-1-3-5-10/h1-7H2,(H,11,13)(H,12,14). The van der Waals surface area contributed by atoms with E-state index in [0.29, 0.717) is 12.8 Å². The molecule has 0 unspecified atom stereocenters. The van der Waals surface area contributed by atoms with Crippen molar-refractivity contribution in [3.05, 3.63) is 0 Å². The largest absolute Gasteiger partial charge is 0.287 e. The Morgan fingerprint density at radius 1 is 0.929 bits per heavy atom. The van der Waals surface area contributed by atoms with Crippen LogP contribution in [0.3, 0.4) is 0 Å². The van der Waals surface area contributed by atoms with Crippen LogP contribution in [0.25, 0.3) is 0 Å². The molecule has 14 heavy (non-hydrogen) atoms. The summed E-state index contributed by atoms with van der Waals surface area (Å²) in [7, 11) is 0. The van der Waals surface area contributed by atoms with Crippen LogP contribution in [0.1, 0.15) is 44.9 Å². The summed E-state index contributed by atoms with van der Waals surface area (Å²) in [5.41, 5.74) is -0.129. The molecule has 1 aliphatic carbocycles. The van der Waals surface area contributed by atoms with Gasteiger partial charge in [0.25, 0.3) is 0 Å². The maximum absolute atomic E-state index is 11.0. The molecule has 0 aromatic carbocycles. The molecule has 0 bridgehead atoms. The molecule has 0 atom stereocenters. The molecule has 0 aliphatic heterocycles. The molecular weight excluding hydrogens is 216 g/mol. The summed E-state index contributed by atoms with van der Waals surface area (Å²) in [6.07, 6.45) is 6.20. The first-order valence-corrected chi connectivity index (χ1v) is 5.87. The van der Waals surface area contributed by atoms with Gasteiger partial charge < -0.3 is 0 Å². The van der Waals surface area contributed by atoms with E-state index in [9.17, 15) is 9.59 Å². The first kappa shape index (κ1) is 12.1. The van der Waals surface area contributed by atoms with Crippen molar-refractivity contribution in [2.75, 3.05) is 0 Å². The van der Waals surface area contributed by atoms with Crippen LogP contribution in [-0.2, 0) is 9.59 Å². The second-order valence-corrected chi connectivity index (χ2v) is 5.20. The number of carbonyl (C=O) groups excluding carboxylic acids is 2. The average molecular weight is 232 g/mol. The fourth-order valence-electron chi connectivity index (χ4n) is 2.36. The van der Waals surface area contributed by atoms with E-state index in [1.165, 1.54) is 6.42 Å². The highest BCUT2D eigenvalue weighted by molar-refractivity contribution is 7.96. The lowest BCUT2D eigenvalue weighted by atomic mass is 9.70. The summed E-state index contributed by atoms with van der Waals surface area (Å²) in [6, 6.07) is 0. The van der Waals surface area contributed by atoms with E-state index in [2.05, 4.69) is 25.3 Å². The summed E-state index contributed by atoms with van der Waals surface area (Å²) < 4.78 is 0. The highest BCUT2D eigenvalue weighted by atomic mass is 32.1. The highest BCUT2D eigenvalue weighted by Gasteiger charge is 2.34. The molecule has 0 heterocycles. The van der Waals surface area contributed by atoms with Crippen molar-refractivity contribution in [1.82, 2.24) is 0 Å². The molecule has 80 valence electrons. The van der Waals surface area contributed by atoms with Crippen molar-refractivity contribution in [2.24, 2.45) is 5.41 Å². The number of hydrogen-bond donors (Lipinski definition) is 2. The summed E-state index contributed by atoms with van der Waals surface area (Å²) in [5.74, 6) is 0. The van der Waals surface area contributed by atoms with Crippen molar-refractivity contribution in [3.8, 4) is 0 Å². The molecule has 1 rings (SSSR count). The molecule has 1 fully saturated rings. The fourth-order valence-corrected chi connectivity index (χ4v) is 3.03. The quantitative estimate of drug-likeness (QED) is 0.731. The second kappa shape index (κ2) is 5.21. The van der Waals surface area contributed by atoms with E-state index in [1.807, 2.05) is 0 Å². The first-order chi connectivity index (χ1) is 6.54. The van der Waals surface area contributed by atoms with Gasteiger partial charge in [-0.3, -0.25) is 9.59 Å². The Bertz CT molecular complexity index is 214. The Labute approximate surface area is 95.7 Å². The number of hydrogen-bond acceptors (Lipinski definition) is 2. The SMILES string of the molecule is O=C(S)CC1(CC(=O)S)CCCCC1. The van der Waals surface area contributed by atoms with Crippen LogP contribution < -0.4 is 0 Å².